The first-order valence-electron chi connectivity index (χ1n) is 5.81. The molecule has 90 valence electrons. The van der Waals surface area contributed by atoms with Crippen LogP contribution in [0, 0.1) is 0 Å². The van der Waals surface area contributed by atoms with E-state index in [1.54, 1.807) is 0 Å². The average molecular weight is 240 g/mol. The summed E-state index contributed by atoms with van der Waals surface area (Å²) in [5.41, 5.74) is 0.955. The Bertz CT molecular complexity index is 620. The fourth-order valence-electron chi connectivity index (χ4n) is 2.23. The lowest BCUT2D eigenvalue weighted by molar-refractivity contribution is -0.121. The first kappa shape index (κ1) is 10.8. The highest BCUT2D eigenvalue weighted by Crippen LogP contribution is 2.23. The van der Waals surface area contributed by atoms with E-state index < -0.39 is 6.03 Å². The van der Waals surface area contributed by atoms with Gasteiger partial charge in [0.05, 0.1) is 12.5 Å². The Hall–Kier alpha value is -2.36. The Balaban J connectivity index is 1.98. The second-order valence-corrected chi connectivity index (χ2v) is 4.38. The van der Waals surface area contributed by atoms with Crippen LogP contribution in [0.4, 0.5) is 4.79 Å². The number of nitrogens with one attached hydrogen (secondary N) is 2. The van der Waals surface area contributed by atoms with Crippen molar-refractivity contribution in [1.29, 1.82) is 0 Å². The van der Waals surface area contributed by atoms with E-state index in [1.807, 2.05) is 42.5 Å². The summed E-state index contributed by atoms with van der Waals surface area (Å²) in [4.78, 5) is 22.6. The van der Waals surface area contributed by atoms with Gasteiger partial charge in [-0.3, -0.25) is 10.1 Å². The normalized spacial score (nSPS) is 19.4. The van der Waals surface area contributed by atoms with E-state index in [2.05, 4.69) is 10.6 Å². The summed E-state index contributed by atoms with van der Waals surface area (Å²) in [7, 11) is 0. The van der Waals surface area contributed by atoms with Gasteiger partial charge in [-0.2, -0.15) is 0 Å². The number of hydrogen-bond acceptors (Lipinski definition) is 2. The summed E-state index contributed by atoms with van der Waals surface area (Å²) in [6, 6.07) is 13.3. The maximum absolute atomic E-state index is 11.3. The van der Waals surface area contributed by atoms with E-state index in [9.17, 15) is 9.59 Å². The largest absolute Gasteiger partial charge is 0.330 e. The van der Waals surface area contributed by atoms with Crippen LogP contribution in [0.5, 0.6) is 0 Å². The molecule has 0 radical (unpaired) electrons. The molecule has 0 bridgehead atoms. The standard InChI is InChI=1S/C14H12N2O2/c17-13-8-12(15-14(18)16-13)11-6-5-9-3-1-2-4-10(9)7-11/h1-7,12H,8H2,(H2,15,16,17,18). The van der Waals surface area contributed by atoms with Gasteiger partial charge in [0.25, 0.3) is 0 Å². The Labute approximate surface area is 104 Å². The van der Waals surface area contributed by atoms with Crippen LogP contribution in [0.1, 0.15) is 18.0 Å². The molecule has 0 saturated carbocycles. The molecule has 1 fully saturated rings. The van der Waals surface area contributed by atoms with Crippen molar-refractivity contribution < 1.29 is 9.59 Å². The minimum absolute atomic E-state index is 0.239. The van der Waals surface area contributed by atoms with Crippen molar-refractivity contribution in [2.75, 3.05) is 0 Å². The SMILES string of the molecule is O=C1CC(c2ccc3ccccc3c2)NC(=O)N1. The predicted octanol–water partition coefficient (Wildman–Crippen LogP) is 2.11. The van der Waals surface area contributed by atoms with Gasteiger partial charge in [-0.05, 0) is 22.4 Å². The van der Waals surface area contributed by atoms with Crippen molar-refractivity contribution >= 4 is 22.7 Å². The number of carbonyl (C=O) groups is 2. The van der Waals surface area contributed by atoms with E-state index in [0.717, 1.165) is 16.3 Å². The molecule has 0 spiro atoms. The van der Waals surface area contributed by atoms with E-state index in [4.69, 9.17) is 0 Å². The van der Waals surface area contributed by atoms with Crippen LogP contribution in [-0.4, -0.2) is 11.9 Å². The maximum Gasteiger partial charge on any atom is 0.321 e. The molecule has 1 aliphatic heterocycles. The Morgan fingerprint density at radius 3 is 2.56 bits per heavy atom. The minimum Gasteiger partial charge on any atom is -0.330 e. The van der Waals surface area contributed by atoms with Gasteiger partial charge in [-0.1, -0.05) is 36.4 Å². The van der Waals surface area contributed by atoms with Gasteiger partial charge in [-0.25, -0.2) is 4.79 Å². The molecule has 1 aliphatic rings. The Morgan fingerprint density at radius 2 is 1.78 bits per heavy atom. The van der Waals surface area contributed by atoms with Crippen LogP contribution in [0.25, 0.3) is 10.8 Å². The third-order valence-electron chi connectivity index (χ3n) is 3.12. The van der Waals surface area contributed by atoms with E-state index in [0.29, 0.717) is 0 Å². The zero-order valence-electron chi connectivity index (χ0n) is 9.64. The zero-order chi connectivity index (χ0) is 12.5. The molecule has 18 heavy (non-hydrogen) atoms. The van der Waals surface area contributed by atoms with Gasteiger partial charge in [0.2, 0.25) is 5.91 Å². The van der Waals surface area contributed by atoms with Crippen LogP contribution >= 0.6 is 0 Å². The van der Waals surface area contributed by atoms with Gasteiger partial charge < -0.3 is 5.32 Å². The van der Waals surface area contributed by atoms with Gasteiger partial charge in [0.1, 0.15) is 0 Å². The average Bonchev–Trinajstić information content (AvgIpc) is 2.37. The number of fused-ring (bicyclic) bond motifs is 1. The number of imide groups is 1. The van der Waals surface area contributed by atoms with Crippen LogP contribution in [0.2, 0.25) is 0 Å². The number of benzene rings is 2. The first-order valence-corrected chi connectivity index (χ1v) is 5.81. The molecule has 0 aromatic heterocycles. The number of urea groups is 1. The minimum atomic E-state index is -0.426. The van der Waals surface area contributed by atoms with Crippen molar-refractivity contribution in [3.8, 4) is 0 Å². The topological polar surface area (TPSA) is 58.2 Å². The molecule has 3 amide bonds. The summed E-state index contributed by atoms with van der Waals surface area (Å²) >= 11 is 0. The highest BCUT2D eigenvalue weighted by atomic mass is 16.2. The molecule has 4 heteroatoms. The molecule has 1 heterocycles. The van der Waals surface area contributed by atoms with E-state index in [1.165, 1.54) is 0 Å². The van der Waals surface area contributed by atoms with Crippen LogP contribution in [0.15, 0.2) is 42.5 Å². The van der Waals surface area contributed by atoms with Crippen LogP contribution in [-0.2, 0) is 4.79 Å². The highest BCUT2D eigenvalue weighted by Gasteiger charge is 2.24. The summed E-state index contributed by atoms with van der Waals surface area (Å²) in [6.07, 6.45) is 0.282. The lowest BCUT2D eigenvalue weighted by Crippen LogP contribution is -2.48. The monoisotopic (exact) mass is 240 g/mol. The summed E-state index contributed by atoms with van der Waals surface area (Å²) in [5, 5.41) is 7.24. The van der Waals surface area contributed by atoms with Gasteiger partial charge >= 0.3 is 6.03 Å². The van der Waals surface area contributed by atoms with Crippen molar-refractivity contribution in [2.45, 2.75) is 12.5 Å². The smallest absolute Gasteiger partial charge is 0.321 e. The maximum atomic E-state index is 11.3. The molecule has 2 aromatic carbocycles. The van der Waals surface area contributed by atoms with Crippen LogP contribution in [0.3, 0.4) is 0 Å². The molecule has 2 aromatic rings. The molecular weight excluding hydrogens is 228 g/mol. The number of hydrogen-bond donors (Lipinski definition) is 2. The van der Waals surface area contributed by atoms with Crippen LogP contribution < -0.4 is 10.6 Å². The fraction of sp³-hybridized carbons (Fsp3) is 0.143. The molecule has 1 saturated heterocycles. The van der Waals surface area contributed by atoms with Crippen molar-refractivity contribution in [3.63, 3.8) is 0 Å². The molecule has 3 rings (SSSR count). The summed E-state index contributed by atoms with van der Waals surface area (Å²) in [5.74, 6) is -0.239. The fourth-order valence-corrected chi connectivity index (χ4v) is 2.23. The van der Waals surface area contributed by atoms with Gasteiger partial charge in [0, 0.05) is 0 Å². The number of rotatable bonds is 1. The van der Waals surface area contributed by atoms with Gasteiger partial charge in [-0.15, -0.1) is 0 Å². The lowest BCUT2D eigenvalue weighted by Gasteiger charge is -2.23. The zero-order valence-corrected chi connectivity index (χ0v) is 9.64. The second-order valence-electron chi connectivity index (χ2n) is 4.38. The van der Waals surface area contributed by atoms with Gasteiger partial charge in [0.15, 0.2) is 0 Å². The molecule has 0 aliphatic carbocycles. The summed E-state index contributed by atoms with van der Waals surface area (Å²) in [6.45, 7) is 0. The van der Waals surface area contributed by atoms with Crippen molar-refractivity contribution in [3.05, 3.63) is 48.0 Å². The number of carbonyl (C=O) groups excluding carboxylic acids is 2. The Kier molecular flexibility index (Phi) is 2.48. The van der Waals surface area contributed by atoms with Crippen molar-refractivity contribution in [1.82, 2.24) is 10.6 Å². The quantitative estimate of drug-likeness (QED) is 0.802. The van der Waals surface area contributed by atoms with Crippen molar-refractivity contribution in [2.24, 2.45) is 0 Å². The summed E-state index contributed by atoms with van der Waals surface area (Å²) < 4.78 is 0. The lowest BCUT2D eigenvalue weighted by atomic mass is 9.98. The highest BCUT2D eigenvalue weighted by molar-refractivity contribution is 5.97. The molecule has 1 unspecified atom stereocenters. The number of amides is 3. The molecule has 2 N–H and O–H groups in total. The second kappa shape index (κ2) is 4.14. The molecule has 1 atom stereocenters. The predicted molar refractivity (Wildman–Crippen MR) is 68.0 cm³/mol. The third-order valence-corrected chi connectivity index (χ3v) is 3.12. The first-order chi connectivity index (χ1) is 8.72. The van der Waals surface area contributed by atoms with E-state index >= 15 is 0 Å². The molecule has 4 nitrogen and oxygen atoms in total. The Morgan fingerprint density at radius 1 is 1.00 bits per heavy atom. The van der Waals surface area contributed by atoms with E-state index in [-0.39, 0.29) is 18.4 Å². The third kappa shape index (κ3) is 1.93. The molecular formula is C14H12N2O2.